The second kappa shape index (κ2) is 5.95. The fraction of sp³-hybridized carbons (Fsp3) is 0.0769. The summed E-state index contributed by atoms with van der Waals surface area (Å²) in [5.41, 5.74) is 1.70. The molecule has 0 heterocycles. The van der Waals surface area contributed by atoms with Crippen LogP contribution in [0.15, 0.2) is 47.4 Å². The van der Waals surface area contributed by atoms with Gasteiger partial charge in [0.25, 0.3) is 5.69 Å². The Hall–Kier alpha value is -1.72. The number of benzene rings is 2. The van der Waals surface area contributed by atoms with Gasteiger partial charge in [0, 0.05) is 11.8 Å². The quantitative estimate of drug-likeness (QED) is 0.505. The molecule has 0 radical (unpaired) electrons. The maximum absolute atomic E-state index is 11.0. The summed E-state index contributed by atoms with van der Waals surface area (Å²) in [6.07, 6.45) is 0. The van der Waals surface area contributed by atoms with Crippen LogP contribution in [0.25, 0.3) is 0 Å². The molecule has 2 aromatic carbocycles. The van der Waals surface area contributed by atoms with Crippen molar-refractivity contribution in [2.45, 2.75) is 11.8 Å². The lowest BCUT2D eigenvalue weighted by atomic mass is 10.2. The number of aryl methyl sites for hydroxylation is 1. The van der Waals surface area contributed by atoms with Crippen LogP contribution in [0.4, 0.5) is 11.4 Å². The lowest BCUT2D eigenvalue weighted by molar-refractivity contribution is -0.387. The van der Waals surface area contributed by atoms with E-state index in [0.717, 1.165) is 11.3 Å². The highest BCUT2D eigenvalue weighted by molar-refractivity contribution is 8.00. The number of nitro benzene ring substituents is 1. The molecule has 0 amide bonds. The van der Waals surface area contributed by atoms with Crippen LogP contribution in [0.2, 0.25) is 5.02 Å². The first-order chi connectivity index (χ1) is 9.08. The van der Waals surface area contributed by atoms with Gasteiger partial charge in [0.15, 0.2) is 0 Å². The Labute approximate surface area is 120 Å². The first-order valence-corrected chi connectivity index (χ1v) is 6.70. The van der Waals surface area contributed by atoms with Gasteiger partial charge in [-0.3, -0.25) is 10.1 Å². The van der Waals surface area contributed by atoms with E-state index in [4.69, 9.17) is 11.6 Å². The van der Waals surface area contributed by atoms with E-state index in [1.165, 1.54) is 18.0 Å². The Morgan fingerprint density at radius 2 is 1.95 bits per heavy atom. The third-order valence-electron chi connectivity index (χ3n) is 2.49. The van der Waals surface area contributed by atoms with Gasteiger partial charge in [-0.1, -0.05) is 29.8 Å². The van der Waals surface area contributed by atoms with E-state index in [1.54, 1.807) is 6.07 Å². The molecule has 0 aliphatic carbocycles. The van der Waals surface area contributed by atoms with Crippen molar-refractivity contribution in [2.24, 2.45) is 0 Å². The number of hydrogen-bond donors (Lipinski definition) is 1. The molecule has 0 fully saturated rings. The lowest BCUT2D eigenvalue weighted by Crippen LogP contribution is -1.95. The molecule has 98 valence electrons. The molecule has 0 aliphatic heterocycles. The average molecular weight is 295 g/mol. The maximum atomic E-state index is 11.0. The summed E-state index contributed by atoms with van der Waals surface area (Å²) < 4.78 is 3.07. The summed E-state index contributed by atoms with van der Waals surface area (Å²) >= 11 is 7.11. The Morgan fingerprint density at radius 1 is 1.26 bits per heavy atom. The number of para-hydroxylation sites is 1. The molecular weight excluding hydrogens is 284 g/mol. The second-order valence-electron chi connectivity index (χ2n) is 3.90. The molecule has 0 spiro atoms. The minimum absolute atomic E-state index is 0.00373. The molecule has 0 atom stereocenters. The number of nitrogens with zero attached hydrogens (tertiary/aromatic N) is 1. The third kappa shape index (κ3) is 3.39. The van der Waals surface area contributed by atoms with Gasteiger partial charge >= 0.3 is 0 Å². The first-order valence-electron chi connectivity index (χ1n) is 5.50. The molecule has 0 unspecified atom stereocenters. The van der Waals surface area contributed by atoms with Crippen LogP contribution in [-0.2, 0) is 0 Å². The van der Waals surface area contributed by atoms with Crippen molar-refractivity contribution in [3.8, 4) is 0 Å². The molecule has 2 aromatic rings. The van der Waals surface area contributed by atoms with Crippen LogP contribution < -0.4 is 4.72 Å². The maximum Gasteiger partial charge on any atom is 0.286 e. The molecule has 0 saturated heterocycles. The number of anilines is 1. The number of rotatable bonds is 4. The zero-order chi connectivity index (χ0) is 13.8. The fourth-order valence-electron chi connectivity index (χ4n) is 1.49. The van der Waals surface area contributed by atoms with Crippen LogP contribution in [0.1, 0.15) is 5.56 Å². The van der Waals surface area contributed by atoms with Gasteiger partial charge in [-0.25, -0.2) is 0 Å². The molecule has 0 aromatic heterocycles. The van der Waals surface area contributed by atoms with Gasteiger partial charge in [0.05, 0.1) is 9.95 Å². The Bertz CT molecular complexity index is 605. The van der Waals surface area contributed by atoms with Crippen LogP contribution in [0.3, 0.4) is 0 Å². The molecule has 19 heavy (non-hydrogen) atoms. The number of hydrogen-bond acceptors (Lipinski definition) is 4. The number of halogens is 1. The molecule has 0 saturated carbocycles. The first kappa shape index (κ1) is 13.7. The van der Waals surface area contributed by atoms with Crippen molar-refractivity contribution < 1.29 is 4.92 Å². The summed E-state index contributed by atoms with van der Waals surface area (Å²) in [6.45, 7) is 1.82. The molecule has 2 rings (SSSR count). The van der Waals surface area contributed by atoms with E-state index >= 15 is 0 Å². The van der Waals surface area contributed by atoms with Gasteiger partial charge in [0.2, 0.25) is 0 Å². The monoisotopic (exact) mass is 294 g/mol. The molecular formula is C13H11ClN2O2S. The van der Waals surface area contributed by atoms with Crippen molar-refractivity contribution in [1.29, 1.82) is 0 Å². The van der Waals surface area contributed by atoms with Crippen molar-refractivity contribution in [3.63, 3.8) is 0 Å². The summed E-state index contributed by atoms with van der Waals surface area (Å²) in [7, 11) is 0. The molecule has 6 heteroatoms. The van der Waals surface area contributed by atoms with Crippen LogP contribution in [0.5, 0.6) is 0 Å². The predicted octanol–water partition coefficient (Wildman–Crippen LogP) is 4.68. The zero-order valence-electron chi connectivity index (χ0n) is 10.1. The zero-order valence-corrected chi connectivity index (χ0v) is 11.7. The lowest BCUT2D eigenvalue weighted by Gasteiger charge is -2.07. The minimum Gasteiger partial charge on any atom is -0.325 e. The summed E-state index contributed by atoms with van der Waals surface area (Å²) in [4.78, 5) is 11.1. The van der Waals surface area contributed by atoms with Gasteiger partial charge in [-0.05, 0) is 42.6 Å². The van der Waals surface area contributed by atoms with Gasteiger partial charge in [0.1, 0.15) is 4.90 Å². The Kier molecular flexibility index (Phi) is 4.29. The van der Waals surface area contributed by atoms with Crippen molar-refractivity contribution in [1.82, 2.24) is 0 Å². The largest absolute Gasteiger partial charge is 0.325 e. The van der Waals surface area contributed by atoms with Crippen LogP contribution in [-0.4, -0.2) is 4.92 Å². The highest BCUT2D eigenvalue weighted by atomic mass is 35.5. The van der Waals surface area contributed by atoms with E-state index in [0.29, 0.717) is 9.92 Å². The van der Waals surface area contributed by atoms with Crippen LogP contribution in [0, 0.1) is 17.0 Å². The van der Waals surface area contributed by atoms with E-state index in [2.05, 4.69) is 4.72 Å². The van der Waals surface area contributed by atoms with Gasteiger partial charge in [-0.2, -0.15) is 0 Å². The molecule has 1 N–H and O–H groups in total. The highest BCUT2D eigenvalue weighted by Crippen LogP contribution is 2.34. The van der Waals surface area contributed by atoms with Crippen molar-refractivity contribution in [2.75, 3.05) is 4.72 Å². The van der Waals surface area contributed by atoms with Gasteiger partial charge < -0.3 is 4.72 Å². The third-order valence-corrected chi connectivity index (χ3v) is 3.78. The SMILES string of the molecule is Cc1cc(SNc2ccccc2)c([N+](=O)[O-])cc1Cl. The predicted molar refractivity (Wildman–Crippen MR) is 78.8 cm³/mol. The van der Waals surface area contributed by atoms with Crippen LogP contribution >= 0.6 is 23.5 Å². The number of nitro groups is 1. The molecule has 4 nitrogen and oxygen atoms in total. The van der Waals surface area contributed by atoms with Crippen molar-refractivity contribution >= 4 is 34.9 Å². The second-order valence-corrected chi connectivity index (χ2v) is 5.15. The van der Waals surface area contributed by atoms with E-state index in [9.17, 15) is 10.1 Å². The summed E-state index contributed by atoms with van der Waals surface area (Å²) in [5.74, 6) is 0. The summed E-state index contributed by atoms with van der Waals surface area (Å²) in [6, 6.07) is 12.6. The smallest absolute Gasteiger partial charge is 0.286 e. The van der Waals surface area contributed by atoms with E-state index in [1.807, 2.05) is 37.3 Å². The standard InChI is InChI=1S/C13H11ClN2O2S/c1-9-7-13(12(16(17)18)8-11(9)14)19-15-10-5-3-2-4-6-10/h2-8,15H,1H3. The minimum atomic E-state index is -0.430. The molecule has 0 aliphatic rings. The Morgan fingerprint density at radius 3 is 2.58 bits per heavy atom. The van der Waals surface area contributed by atoms with Crippen molar-refractivity contribution in [3.05, 3.63) is 63.2 Å². The topological polar surface area (TPSA) is 55.2 Å². The van der Waals surface area contributed by atoms with Gasteiger partial charge in [-0.15, -0.1) is 0 Å². The van der Waals surface area contributed by atoms with E-state index in [-0.39, 0.29) is 5.69 Å². The fourth-order valence-corrected chi connectivity index (χ4v) is 2.48. The highest BCUT2D eigenvalue weighted by Gasteiger charge is 2.16. The summed E-state index contributed by atoms with van der Waals surface area (Å²) in [5, 5.41) is 11.4. The number of nitrogens with one attached hydrogen (secondary N) is 1. The Balaban J connectivity index is 2.24. The molecule has 0 bridgehead atoms. The van der Waals surface area contributed by atoms with E-state index < -0.39 is 4.92 Å². The average Bonchev–Trinajstić information content (AvgIpc) is 2.40. The normalized spacial score (nSPS) is 10.2.